The van der Waals surface area contributed by atoms with Crippen molar-refractivity contribution >= 4 is 22.4 Å². The van der Waals surface area contributed by atoms with Gasteiger partial charge in [0.1, 0.15) is 5.82 Å². The Morgan fingerprint density at radius 1 is 1.15 bits per heavy atom. The molecular formula is C18H13F4N3O2. The third-order valence-corrected chi connectivity index (χ3v) is 3.92. The number of nitrogens with zero attached hydrogens (tertiary/aromatic N) is 2. The van der Waals surface area contributed by atoms with Crippen molar-refractivity contribution in [3.8, 4) is 0 Å². The van der Waals surface area contributed by atoms with Crippen LogP contribution in [0.4, 0.5) is 23.2 Å². The van der Waals surface area contributed by atoms with E-state index in [1.165, 1.54) is 7.05 Å². The van der Waals surface area contributed by atoms with Gasteiger partial charge in [-0.1, -0.05) is 18.2 Å². The molecule has 0 saturated heterocycles. The monoisotopic (exact) mass is 379 g/mol. The number of carbonyl (C=O) groups excluding carboxylic acids is 1. The molecule has 3 rings (SSSR count). The average Bonchev–Trinajstić information content (AvgIpc) is 2.60. The van der Waals surface area contributed by atoms with E-state index in [-0.39, 0.29) is 17.7 Å². The summed E-state index contributed by atoms with van der Waals surface area (Å²) in [4.78, 5) is 24.3. The summed E-state index contributed by atoms with van der Waals surface area (Å²) in [6.45, 7) is 0. The van der Waals surface area contributed by atoms with Gasteiger partial charge in [0.15, 0.2) is 0 Å². The number of halogens is 4. The van der Waals surface area contributed by atoms with E-state index in [1.54, 1.807) is 24.3 Å². The smallest absolute Gasteiger partial charge is 0.326 e. The molecule has 0 fully saturated rings. The topological polar surface area (TPSA) is 64.0 Å². The van der Waals surface area contributed by atoms with Gasteiger partial charge in [0.2, 0.25) is 5.91 Å². The van der Waals surface area contributed by atoms with Crippen molar-refractivity contribution in [3.05, 3.63) is 69.9 Å². The minimum Gasteiger partial charge on any atom is -0.326 e. The molecule has 0 unspecified atom stereocenters. The number of aryl methyl sites for hydroxylation is 1. The van der Waals surface area contributed by atoms with Crippen LogP contribution in [0.3, 0.4) is 0 Å². The number of amides is 1. The number of hydrogen-bond acceptors (Lipinski definition) is 3. The van der Waals surface area contributed by atoms with Gasteiger partial charge < -0.3 is 5.32 Å². The number of aromatic nitrogens is 2. The third-order valence-electron chi connectivity index (χ3n) is 3.92. The van der Waals surface area contributed by atoms with Gasteiger partial charge in [-0.05, 0) is 24.3 Å². The minimum atomic E-state index is -4.87. The van der Waals surface area contributed by atoms with Crippen molar-refractivity contribution in [1.82, 2.24) is 9.78 Å². The lowest BCUT2D eigenvalue weighted by atomic mass is 10.1. The van der Waals surface area contributed by atoms with Crippen LogP contribution in [-0.4, -0.2) is 15.7 Å². The molecule has 0 aliphatic rings. The lowest BCUT2D eigenvalue weighted by Gasteiger charge is -2.12. The molecule has 0 saturated carbocycles. The molecule has 27 heavy (non-hydrogen) atoms. The SMILES string of the molecule is Cn1nc(CC(=O)Nc2ccc(F)c(C(F)(F)F)c2)c2ccccc2c1=O. The molecule has 9 heteroatoms. The van der Waals surface area contributed by atoms with Gasteiger partial charge in [-0.2, -0.15) is 18.3 Å². The van der Waals surface area contributed by atoms with Crippen molar-refractivity contribution in [2.45, 2.75) is 12.6 Å². The molecule has 1 amide bonds. The van der Waals surface area contributed by atoms with Gasteiger partial charge in [0.25, 0.3) is 5.56 Å². The molecule has 140 valence electrons. The van der Waals surface area contributed by atoms with E-state index in [4.69, 9.17) is 0 Å². The van der Waals surface area contributed by atoms with Crippen LogP contribution in [0.15, 0.2) is 47.3 Å². The number of hydrogen-bond donors (Lipinski definition) is 1. The van der Waals surface area contributed by atoms with E-state index in [0.29, 0.717) is 28.6 Å². The fourth-order valence-electron chi connectivity index (χ4n) is 2.68. The predicted octanol–water partition coefficient (Wildman–Crippen LogP) is 3.27. The Balaban J connectivity index is 1.89. The van der Waals surface area contributed by atoms with Gasteiger partial charge in [-0.15, -0.1) is 0 Å². The van der Waals surface area contributed by atoms with E-state index >= 15 is 0 Å². The number of nitrogens with one attached hydrogen (secondary N) is 1. The molecule has 5 nitrogen and oxygen atoms in total. The summed E-state index contributed by atoms with van der Waals surface area (Å²) >= 11 is 0. The molecule has 1 heterocycles. The quantitative estimate of drug-likeness (QED) is 0.711. The molecule has 1 aromatic heterocycles. The number of anilines is 1. The van der Waals surface area contributed by atoms with E-state index in [9.17, 15) is 27.2 Å². The number of fused-ring (bicyclic) bond motifs is 1. The van der Waals surface area contributed by atoms with Gasteiger partial charge >= 0.3 is 6.18 Å². The highest BCUT2D eigenvalue weighted by molar-refractivity contribution is 5.95. The molecule has 0 atom stereocenters. The van der Waals surface area contributed by atoms with E-state index < -0.39 is 23.5 Å². The Hall–Kier alpha value is -3.23. The van der Waals surface area contributed by atoms with Crippen LogP contribution >= 0.6 is 0 Å². The average molecular weight is 379 g/mol. The van der Waals surface area contributed by atoms with Gasteiger partial charge in [-0.25, -0.2) is 9.07 Å². The highest BCUT2D eigenvalue weighted by atomic mass is 19.4. The highest BCUT2D eigenvalue weighted by Gasteiger charge is 2.34. The molecule has 0 aliphatic carbocycles. The van der Waals surface area contributed by atoms with Gasteiger partial charge in [0.05, 0.1) is 23.1 Å². The molecule has 2 aromatic carbocycles. The van der Waals surface area contributed by atoms with Crippen LogP contribution in [0, 0.1) is 5.82 Å². The number of carbonyl (C=O) groups is 1. The van der Waals surface area contributed by atoms with Gasteiger partial charge in [0, 0.05) is 18.1 Å². The van der Waals surface area contributed by atoms with E-state index in [1.807, 2.05) is 0 Å². The first kappa shape index (κ1) is 18.6. The maximum Gasteiger partial charge on any atom is 0.419 e. The summed E-state index contributed by atoms with van der Waals surface area (Å²) < 4.78 is 52.7. The maximum absolute atomic E-state index is 13.3. The molecule has 3 aromatic rings. The summed E-state index contributed by atoms with van der Waals surface area (Å²) in [6.07, 6.45) is -5.15. The maximum atomic E-state index is 13.3. The van der Waals surface area contributed by atoms with Crippen LogP contribution in [0.2, 0.25) is 0 Å². The van der Waals surface area contributed by atoms with Crippen LogP contribution in [0.1, 0.15) is 11.3 Å². The Labute approximate surface area is 150 Å². The summed E-state index contributed by atoms with van der Waals surface area (Å²) in [7, 11) is 1.44. The first-order valence-corrected chi connectivity index (χ1v) is 7.78. The summed E-state index contributed by atoms with van der Waals surface area (Å²) in [5, 5.41) is 7.20. The molecule has 0 bridgehead atoms. The van der Waals surface area contributed by atoms with Gasteiger partial charge in [-0.3, -0.25) is 9.59 Å². The highest BCUT2D eigenvalue weighted by Crippen LogP contribution is 2.33. The molecule has 0 radical (unpaired) electrons. The zero-order valence-corrected chi connectivity index (χ0v) is 14.0. The Bertz CT molecular complexity index is 1090. The summed E-state index contributed by atoms with van der Waals surface area (Å²) in [5.41, 5.74) is -1.69. The molecule has 1 N–H and O–H groups in total. The minimum absolute atomic E-state index is 0.192. The van der Waals surface area contributed by atoms with Crippen molar-refractivity contribution in [1.29, 1.82) is 0 Å². The van der Waals surface area contributed by atoms with Crippen molar-refractivity contribution < 1.29 is 22.4 Å². The van der Waals surface area contributed by atoms with Crippen molar-refractivity contribution in [3.63, 3.8) is 0 Å². The Morgan fingerprint density at radius 2 is 1.81 bits per heavy atom. The second-order valence-corrected chi connectivity index (χ2v) is 5.84. The van der Waals surface area contributed by atoms with Crippen LogP contribution in [0.5, 0.6) is 0 Å². The first-order chi connectivity index (χ1) is 12.7. The molecule has 0 aliphatic heterocycles. The Kier molecular flexibility index (Phi) is 4.69. The first-order valence-electron chi connectivity index (χ1n) is 7.78. The van der Waals surface area contributed by atoms with Crippen molar-refractivity contribution in [2.75, 3.05) is 5.32 Å². The predicted molar refractivity (Wildman–Crippen MR) is 90.7 cm³/mol. The molecule has 0 spiro atoms. The van der Waals surface area contributed by atoms with Crippen LogP contribution < -0.4 is 10.9 Å². The summed E-state index contributed by atoms with van der Waals surface area (Å²) in [5.74, 6) is -2.07. The second kappa shape index (κ2) is 6.82. The fourth-order valence-corrected chi connectivity index (χ4v) is 2.68. The molecular weight excluding hydrogens is 366 g/mol. The summed E-state index contributed by atoms with van der Waals surface area (Å²) in [6, 6.07) is 8.78. The van der Waals surface area contributed by atoms with E-state index in [2.05, 4.69) is 10.4 Å². The lowest BCUT2D eigenvalue weighted by molar-refractivity contribution is -0.140. The number of benzene rings is 2. The number of alkyl halides is 3. The van der Waals surface area contributed by atoms with E-state index in [0.717, 1.165) is 10.7 Å². The lowest BCUT2D eigenvalue weighted by Crippen LogP contribution is -2.24. The standard InChI is InChI=1S/C18H13F4N3O2/c1-25-17(27)12-5-3-2-4-11(12)15(24-25)9-16(26)23-10-6-7-14(19)13(8-10)18(20,21)22/h2-8H,9H2,1H3,(H,23,26). The van der Waals surface area contributed by atoms with Crippen LogP contribution in [-0.2, 0) is 24.4 Å². The largest absolute Gasteiger partial charge is 0.419 e. The zero-order valence-electron chi connectivity index (χ0n) is 14.0. The normalized spacial score (nSPS) is 11.6. The third kappa shape index (κ3) is 3.81. The second-order valence-electron chi connectivity index (χ2n) is 5.84. The van der Waals surface area contributed by atoms with Crippen LogP contribution in [0.25, 0.3) is 10.8 Å². The van der Waals surface area contributed by atoms with Crippen molar-refractivity contribution in [2.24, 2.45) is 7.05 Å². The Morgan fingerprint density at radius 3 is 2.48 bits per heavy atom. The fraction of sp³-hybridized carbons (Fsp3) is 0.167. The zero-order chi connectivity index (χ0) is 19.8. The number of rotatable bonds is 3.